The monoisotopic (exact) mass is 420 g/mol. The maximum Gasteiger partial charge on any atom is 0.511 e. The molecule has 0 radical (unpaired) electrons. The molecule has 8 heteroatoms. The third-order valence-electron chi connectivity index (χ3n) is 4.93. The summed E-state index contributed by atoms with van der Waals surface area (Å²) in [6.45, 7) is 0. The molecule has 8 nitrogen and oxygen atoms in total. The van der Waals surface area contributed by atoms with E-state index in [0.29, 0.717) is 32.7 Å². The Labute approximate surface area is 175 Å². The van der Waals surface area contributed by atoms with Gasteiger partial charge in [-0.1, -0.05) is 48.5 Å². The van der Waals surface area contributed by atoms with Crippen molar-refractivity contribution in [2.24, 2.45) is 0 Å². The van der Waals surface area contributed by atoms with Crippen LogP contribution in [0.15, 0.2) is 60.7 Å². The molecule has 0 unspecified atom stereocenters. The zero-order valence-electron chi connectivity index (χ0n) is 15.9. The molecular weight excluding hydrogens is 404 g/mol. The average Bonchev–Trinajstić information content (AvgIpc) is 2.72. The molecule has 0 bridgehead atoms. The Kier molecular flexibility index (Phi) is 4.96. The predicted molar refractivity (Wildman–Crippen MR) is 111 cm³/mol. The lowest BCUT2D eigenvalue weighted by molar-refractivity contribution is 0.141. The van der Waals surface area contributed by atoms with Crippen LogP contribution >= 0.6 is 0 Å². The normalized spacial score (nSPS) is 10.8. The maximum atomic E-state index is 11.1. The number of carbonyl (C=O) groups is 2. The number of carboxylic acid groups (broad SMARTS) is 2. The van der Waals surface area contributed by atoms with Gasteiger partial charge in [-0.25, -0.2) is 9.59 Å². The Bertz CT molecular complexity index is 1240. The van der Waals surface area contributed by atoms with Crippen molar-refractivity contribution in [3.63, 3.8) is 0 Å². The van der Waals surface area contributed by atoms with Gasteiger partial charge in [0.15, 0.2) is 23.0 Å². The Morgan fingerprint density at radius 2 is 1.06 bits per heavy atom. The SMILES string of the molecule is O=C(O)Oc1cc2ccccc2c(Cc2c(O)c(OC(=O)O)cc3ccccc23)c1O. The van der Waals surface area contributed by atoms with Gasteiger partial charge in [-0.2, -0.15) is 0 Å². The lowest BCUT2D eigenvalue weighted by Crippen LogP contribution is -2.06. The fourth-order valence-corrected chi connectivity index (χ4v) is 3.65. The molecule has 0 amide bonds. The van der Waals surface area contributed by atoms with Crippen LogP contribution in [0, 0.1) is 0 Å². The van der Waals surface area contributed by atoms with Crippen LogP contribution in [0.5, 0.6) is 23.0 Å². The van der Waals surface area contributed by atoms with E-state index >= 15 is 0 Å². The van der Waals surface area contributed by atoms with Crippen molar-refractivity contribution in [3.8, 4) is 23.0 Å². The summed E-state index contributed by atoms with van der Waals surface area (Å²) in [5.41, 5.74) is 0.615. The van der Waals surface area contributed by atoms with E-state index in [1.807, 2.05) is 0 Å². The van der Waals surface area contributed by atoms with Gasteiger partial charge in [-0.05, 0) is 33.7 Å². The highest BCUT2D eigenvalue weighted by Gasteiger charge is 2.21. The van der Waals surface area contributed by atoms with Gasteiger partial charge in [0.25, 0.3) is 0 Å². The molecule has 31 heavy (non-hydrogen) atoms. The Balaban J connectivity index is 1.97. The molecule has 0 saturated carbocycles. The van der Waals surface area contributed by atoms with Crippen molar-refractivity contribution in [2.75, 3.05) is 0 Å². The molecule has 4 rings (SSSR count). The van der Waals surface area contributed by atoms with Gasteiger partial charge in [0.1, 0.15) is 0 Å². The Hall–Kier alpha value is -4.46. The Morgan fingerprint density at radius 1 is 0.677 bits per heavy atom. The molecule has 0 aromatic heterocycles. The number of ether oxygens (including phenoxy) is 2. The molecule has 0 aliphatic rings. The van der Waals surface area contributed by atoms with E-state index < -0.39 is 23.8 Å². The number of benzene rings is 4. The largest absolute Gasteiger partial charge is 0.511 e. The second-order valence-corrected chi connectivity index (χ2v) is 6.76. The van der Waals surface area contributed by atoms with Gasteiger partial charge >= 0.3 is 12.3 Å². The van der Waals surface area contributed by atoms with Gasteiger partial charge < -0.3 is 29.9 Å². The van der Waals surface area contributed by atoms with Crippen LogP contribution in [0.4, 0.5) is 9.59 Å². The Morgan fingerprint density at radius 3 is 1.45 bits per heavy atom. The number of rotatable bonds is 4. The molecule has 4 aromatic carbocycles. The second kappa shape index (κ2) is 7.75. The number of fused-ring (bicyclic) bond motifs is 2. The third kappa shape index (κ3) is 3.74. The minimum absolute atomic E-state index is 0.0493. The first-order valence-corrected chi connectivity index (χ1v) is 9.14. The van der Waals surface area contributed by atoms with Gasteiger partial charge in [0.2, 0.25) is 0 Å². The maximum absolute atomic E-state index is 11.1. The van der Waals surface area contributed by atoms with E-state index in [2.05, 4.69) is 0 Å². The highest BCUT2D eigenvalue weighted by atomic mass is 16.7. The molecule has 4 aromatic rings. The fraction of sp³-hybridized carbons (Fsp3) is 0.0435. The predicted octanol–water partition coefficient (Wildman–Crippen LogP) is 5.11. The minimum Gasteiger partial charge on any atom is -0.504 e. The topological polar surface area (TPSA) is 134 Å². The van der Waals surface area contributed by atoms with Crippen LogP contribution in [-0.4, -0.2) is 32.7 Å². The summed E-state index contributed by atoms with van der Waals surface area (Å²) in [6.07, 6.45) is -3.21. The number of hydrogen-bond acceptors (Lipinski definition) is 6. The number of phenols is 2. The lowest BCUT2D eigenvalue weighted by atomic mass is 9.93. The van der Waals surface area contributed by atoms with Crippen molar-refractivity contribution in [1.29, 1.82) is 0 Å². The van der Waals surface area contributed by atoms with E-state index in [1.54, 1.807) is 48.5 Å². The van der Waals surface area contributed by atoms with E-state index in [1.165, 1.54) is 12.1 Å². The van der Waals surface area contributed by atoms with Gasteiger partial charge in [0.05, 0.1) is 0 Å². The summed E-state index contributed by atoms with van der Waals surface area (Å²) in [4.78, 5) is 22.1. The highest BCUT2D eigenvalue weighted by molar-refractivity contribution is 5.94. The van der Waals surface area contributed by atoms with Crippen molar-refractivity contribution < 1.29 is 39.5 Å². The van der Waals surface area contributed by atoms with Crippen LogP contribution < -0.4 is 9.47 Å². The van der Waals surface area contributed by atoms with Crippen molar-refractivity contribution >= 4 is 33.9 Å². The van der Waals surface area contributed by atoms with E-state index in [9.17, 15) is 19.8 Å². The summed E-state index contributed by atoms with van der Waals surface area (Å²) < 4.78 is 9.45. The van der Waals surface area contributed by atoms with Crippen LogP contribution in [-0.2, 0) is 6.42 Å². The van der Waals surface area contributed by atoms with Crippen LogP contribution in [0.2, 0.25) is 0 Å². The molecule has 4 N–H and O–H groups in total. The first-order valence-electron chi connectivity index (χ1n) is 9.14. The number of hydrogen-bond donors (Lipinski definition) is 4. The van der Waals surface area contributed by atoms with Crippen molar-refractivity contribution in [2.45, 2.75) is 6.42 Å². The molecule has 0 atom stereocenters. The molecule has 0 saturated heterocycles. The molecule has 0 spiro atoms. The molecule has 0 heterocycles. The van der Waals surface area contributed by atoms with Crippen LogP contribution in [0.3, 0.4) is 0 Å². The molecule has 0 aliphatic carbocycles. The lowest BCUT2D eigenvalue weighted by Gasteiger charge is -2.16. The van der Waals surface area contributed by atoms with E-state index in [-0.39, 0.29) is 17.9 Å². The summed E-state index contributed by atoms with van der Waals surface area (Å²) in [5.74, 6) is -1.28. The zero-order chi connectivity index (χ0) is 22.1. The quantitative estimate of drug-likeness (QED) is 0.264. The summed E-state index contributed by atoms with van der Waals surface area (Å²) in [7, 11) is 0. The van der Waals surface area contributed by atoms with Crippen molar-refractivity contribution in [3.05, 3.63) is 71.8 Å². The molecule has 0 fully saturated rings. The third-order valence-corrected chi connectivity index (χ3v) is 4.93. The highest BCUT2D eigenvalue weighted by Crippen LogP contribution is 2.43. The summed E-state index contributed by atoms with van der Waals surface area (Å²) in [5, 5.41) is 42.0. The zero-order valence-corrected chi connectivity index (χ0v) is 15.9. The van der Waals surface area contributed by atoms with Gasteiger partial charge in [0, 0.05) is 17.5 Å². The van der Waals surface area contributed by atoms with Gasteiger partial charge in [-0.3, -0.25) is 0 Å². The van der Waals surface area contributed by atoms with E-state index in [4.69, 9.17) is 19.7 Å². The van der Waals surface area contributed by atoms with Gasteiger partial charge in [-0.15, -0.1) is 0 Å². The van der Waals surface area contributed by atoms with E-state index in [0.717, 1.165) is 0 Å². The fourth-order valence-electron chi connectivity index (χ4n) is 3.65. The number of aromatic hydroxyl groups is 2. The van der Waals surface area contributed by atoms with Crippen molar-refractivity contribution in [1.82, 2.24) is 0 Å². The molecule has 0 aliphatic heterocycles. The smallest absolute Gasteiger partial charge is 0.504 e. The number of phenolic OH excluding ortho intramolecular Hbond substituents is 2. The average molecular weight is 420 g/mol. The first-order chi connectivity index (χ1) is 14.8. The second-order valence-electron chi connectivity index (χ2n) is 6.76. The van der Waals surface area contributed by atoms with Crippen LogP contribution in [0.1, 0.15) is 11.1 Å². The summed E-state index contributed by atoms with van der Waals surface area (Å²) in [6, 6.07) is 16.8. The molecular formula is C23H16O8. The van der Waals surface area contributed by atoms with Crippen LogP contribution in [0.25, 0.3) is 21.5 Å². The molecule has 156 valence electrons. The summed E-state index contributed by atoms with van der Waals surface area (Å²) >= 11 is 0. The standard InChI is InChI=1S/C23H16O8/c24-20-16(14-7-3-1-5-12(14)9-18(20)30-22(26)27)11-17-15-8-4-2-6-13(15)10-19(21(17)25)31-23(28)29/h1-10,24-25H,11H2,(H,26,27)(H,28,29). The first kappa shape index (κ1) is 19.8. The minimum atomic E-state index is -1.58.